The smallest absolute Gasteiger partial charge is 0.411 e. The Hall–Kier alpha value is 0.130. The van der Waals surface area contributed by atoms with Gasteiger partial charge in [0.05, 0.1) is 0 Å². The zero-order valence-electron chi connectivity index (χ0n) is 10.3. The van der Waals surface area contributed by atoms with Crippen molar-refractivity contribution >= 4 is 34.9 Å². The van der Waals surface area contributed by atoms with E-state index in [1.165, 1.54) is 11.3 Å². The molecule has 86 valence electrons. The molecule has 0 spiro atoms. The second-order valence-electron chi connectivity index (χ2n) is 4.08. The molecule has 1 aromatic carbocycles. The van der Waals surface area contributed by atoms with Crippen LogP contribution in [0.4, 0.5) is 5.69 Å². The number of thiocarbonyl (C=S) groups is 1. The maximum absolute atomic E-state index is 5.01. The Kier molecular flexibility index (Phi) is 6.17. The molecule has 1 aliphatic heterocycles. The van der Waals surface area contributed by atoms with Crippen LogP contribution in [-0.2, 0) is 12.6 Å². The Bertz CT molecular complexity index is 373. The molecular weight excluding hydrogens is 259 g/mol. The second-order valence-corrected chi connectivity index (χ2v) is 5.11. The van der Waals surface area contributed by atoms with Gasteiger partial charge < -0.3 is 34.6 Å². The van der Waals surface area contributed by atoms with Crippen molar-refractivity contribution in [1.82, 2.24) is 4.90 Å². The molecule has 0 saturated carbocycles. The number of piperazine rings is 1. The Labute approximate surface area is 136 Å². The molecule has 0 radical (unpaired) electrons. The summed E-state index contributed by atoms with van der Waals surface area (Å²) in [5.74, 6) is 0. The van der Waals surface area contributed by atoms with Gasteiger partial charge in [-0.25, -0.2) is 0 Å². The van der Waals surface area contributed by atoms with Gasteiger partial charge in [-0.1, -0.05) is 22.0 Å². The normalized spacial score (nSPS) is 15.4. The summed E-state index contributed by atoms with van der Waals surface area (Å²) in [7, 11) is 0. The van der Waals surface area contributed by atoms with E-state index in [1.54, 1.807) is 0 Å². The number of rotatable bonds is 1. The Morgan fingerprint density at radius 3 is 2.12 bits per heavy atom. The molecule has 0 amide bonds. The molecule has 1 aliphatic rings. The minimum Gasteiger partial charge on any atom is -0.411 e. The quantitative estimate of drug-likeness (QED) is 0.366. The number of aryl methyl sites for hydroxylation is 1. The van der Waals surface area contributed by atoms with Crippen molar-refractivity contribution in [3.63, 3.8) is 0 Å². The first kappa shape index (κ1) is 15.2. The number of benzene rings is 1. The fraction of sp³-hybridized carbons (Fsp3) is 0.417. The predicted molar refractivity (Wildman–Crippen MR) is 74.9 cm³/mol. The standard InChI is InChI=1S/C12H16N2S2.Na/c1-10-2-4-11(5-3-10)13-6-8-14(9-7-13)12(15)16;/h2-5H,6-9H2,1H3,(H,15,16);/q;+1/p-1. The van der Waals surface area contributed by atoms with Gasteiger partial charge in [0.2, 0.25) is 0 Å². The van der Waals surface area contributed by atoms with E-state index >= 15 is 0 Å². The van der Waals surface area contributed by atoms with Gasteiger partial charge in [0.15, 0.2) is 0 Å². The van der Waals surface area contributed by atoms with Gasteiger partial charge in [-0.2, -0.15) is 0 Å². The monoisotopic (exact) mass is 274 g/mol. The van der Waals surface area contributed by atoms with Gasteiger partial charge in [-0.15, -0.1) is 0 Å². The topological polar surface area (TPSA) is 6.48 Å². The summed E-state index contributed by atoms with van der Waals surface area (Å²) < 4.78 is 0.601. The van der Waals surface area contributed by atoms with Gasteiger partial charge in [-0.3, -0.25) is 0 Å². The van der Waals surface area contributed by atoms with E-state index in [2.05, 4.69) is 41.0 Å². The maximum atomic E-state index is 5.01. The number of hydrogen-bond donors (Lipinski definition) is 0. The summed E-state index contributed by atoms with van der Waals surface area (Å²) >= 11 is 10.0. The maximum Gasteiger partial charge on any atom is 1.00 e. The molecule has 5 heteroatoms. The van der Waals surface area contributed by atoms with Crippen molar-refractivity contribution < 1.29 is 29.6 Å². The van der Waals surface area contributed by atoms with Crippen LogP contribution in [0, 0.1) is 6.92 Å². The van der Waals surface area contributed by atoms with E-state index in [0.29, 0.717) is 4.32 Å². The van der Waals surface area contributed by atoms with E-state index in [-0.39, 0.29) is 29.6 Å². The molecule has 17 heavy (non-hydrogen) atoms. The fourth-order valence-corrected chi connectivity index (χ4v) is 2.27. The summed E-state index contributed by atoms with van der Waals surface area (Å²) in [6, 6.07) is 8.66. The van der Waals surface area contributed by atoms with Gasteiger partial charge in [0.1, 0.15) is 0 Å². The predicted octanol–water partition coefficient (Wildman–Crippen LogP) is -1.05. The molecule has 0 N–H and O–H groups in total. The largest absolute Gasteiger partial charge is 1.00 e. The summed E-state index contributed by atoms with van der Waals surface area (Å²) in [5, 5.41) is 0. The van der Waals surface area contributed by atoms with E-state index in [4.69, 9.17) is 24.8 Å². The van der Waals surface area contributed by atoms with Crippen molar-refractivity contribution in [2.75, 3.05) is 31.1 Å². The van der Waals surface area contributed by atoms with Crippen LogP contribution in [0.3, 0.4) is 0 Å². The van der Waals surface area contributed by atoms with Crippen LogP contribution < -0.4 is 34.5 Å². The third-order valence-electron chi connectivity index (χ3n) is 2.94. The van der Waals surface area contributed by atoms with Gasteiger partial charge in [-0.05, 0) is 19.1 Å². The van der Waals surface area contributed by atoms with Crippen molar-refractivity contribution in [3.05, 3.63) is 29.8 Å². The molecule has 0 bridgehead atoms. The summed E-state index contributed by atoms with van der Waals surface area (Å²) in [6.07, 6.45) is 0. The first-order valence-electron chi connectivity index (χ1n) is 5.44. The molecule has 0 aromatic heterocycles. The first-order valence-corrected chi connectivity index (χ1v) is 6.26. The number of hydrogen-bond acceptors (Lipinski definition) is 3. The van der Waals surface area contributed by atoms with Crippen molar-refractivity contribution in [2.45, 2.75) is 6.92 Å². The van der Waals surface area contributed by atoms with E-state index in [0.717, 1.165) is 26.2 Å². The second kappa shape index (κ2) is 6.90. The summed E-state index contributed by atoms with van der Waals surface area (Å²) in [6.45, 7) is 5.99. The van der Waals surface area contributed by atoms with Crippen LogP contribution in [0.5, 0.6) is 0 Å². The van der Waals surface area contributed by atoms with E-state index in [9.17, 15) is 0 Å². The van der Waals surface area contributed by atoms with Crippen LogP contribution in [0.2, 0.25) is 0 Å². The molecule has 1 heterocycles. The molecule has 0 aliphatic carbocycles. The van der Waals surface area contributed by atoms with Gasteiger partial charge in [0, 0.05) is 31.9 Å². The van der Waals surface area contributed by atoms with Gasteiger partial charge >= 0.3 is 29.6 Å². The zero-order valence-corrected chi connectivity index (χ0v) is 14.0. The molecule has 1 saturated heterocycles. The molecule has 2 nitrogen and oxygen atoms in total. The fourth-order valence-electron chi connectivity index (χ4n) is 1.90. The SMILES string of the molecule is Cc1ccc(N2CCN(C(=S)[S-])CC2)cc1.[Na+]. The van der Waals surface area contributed by atoms with Crippen LogP contribution in [-0.4, -0.2) is 35.4 Å². The van der Waals surface area contributed by atoms with Crippen LogP contribution in [0.15, 0.2) is 24.3 Å². The van der Waals surface area contributed by atoms with Gasteiger partial charge in [0.25, 0.3) is 0 Å². The average Bonchev–Trinajstić information content (AvgIpc) is 2.30. The molecule has 2 rings (SSSR count). The average molecular weight is 274 g/mol. The van der Waals surface area contributed by atoms with Crippen LogP contribution in [0.25, 0.3) is 0 Å². The number of anilines is 1. The molecule has 1 aromatic rings. The first-order chi connectivity index (χ1) is 7.66. The molecule has 0 atom stereocenters. The molecular formula is C12H15N2NaS2. The Morgan fingerprint density at radius 1 is 1.12 bits per heavy atom. The Morgan fingerprint density at radius 2 is 1.65 bits per heavy atom. The van der Waals surface area contributed by atoms with E-state index in [1.807, 2.05) is 0 Å². The van der Waals surface area contributed by atoms with Crippen LogP contribution in [0.1, 0.15) is 5.56 Å². The summed E-state index contributed by atoms with van der Waals surface area (Å²) in [5.41, 5.74) is 2.59. The molecule has 0 unspecified atom stereocenters. The van der Waals surface area contributed by atoms with Crippen LogP contribution >= 0.6 is 12.2 Å². The van der Waals surface area contributed by atoms with Crippen molar-refractivity contribution in [2.24, 2.45) is 0 Å². The number of nitrogens with zero attached hydrogens (tertiary/aromatic N) is 2. The Balaban J connectivity index is 0.00000144. The third-order valence-corrected chi connectivity index (χ3v) is 3.45. The van der Waals surface area contributed by atoms with Crippen molar-refractivity contribution in [3.8, 4) is 0 Å². The van der Waals surface area contributed by atoms with E-state index < -0.39 is 0 Å². The molecule has 1 fully saturated rings. The van der Waals surface area contributed by atoms with Crippen molar-refractivity contribution in [1.29, 1.82) is 0 Å². The third kappa shape index (κ3) is 4.07. The minimum atomic E-state index is 0. The summed E-state index contributed by atoms with van der Waals surface area (Å²) in [4.78, 5) is 4.47. The minimum absolute atomic E-state index is 0. The zero-order chi connectivity index (χ0) is 11.5.